The van der Waals surface area contributed by atoms with E-state index in [1.807, 2.05) is 0 Å². The lowest BCUT2D eigenvalue weighted by atomic mass is 10.2. The number of ether oxygens (including phenoxy) is 3. The van der Waals surface area contributed by atoms with Gasteiger partial charge in [-0.3, -0.25) is 9.59 Å². The lowest BCUT2D eigenvalue weighted by molar-refractivity contribution is -0.148. The standard InChI is InChI=1S/C17H18BrN3O7S/c1-8(16(25)27-3)28-12-5-10(18)9(4-11(12)26-2)7-19-21-17-20-15(24)13(29-17)6-14(22)23/h4-5,7-8,13H,6H2,1-3H3,(H,22,23)(H,20,21,24). The van der Waals surface area contributed by atoms with Crippen molar-refractivity contribution in [3.05, 3.63) is 22.2 Å². The summed E-state index contributed by atoms with van der Waals surface area (Å²) in [6, 6.07) is 3.24. The van der Waals surface area contributed by atoms with Gasteiger partial charge >= 0.3 is 11.9 Å². The number of carbonyl (C=O) groups excluding carboxylic acids is 2. The summed E-state index contributed by atoms with van der Waals surface area (Å²) >= 11 is 4.39. The highest BCUT2D eigenvalue weighted by molar-refractivity contribution is 9.10. The third-order valence-corrected chi connectivity index (χ3v) is 5.36. The third-order valence-electron chi connectivity index (χ3n) is 3.60. The predicted octanol–water partition coefficient (Wildman–Crippen LogP) is 1.79. The first-order chi connectivity index (χ1) is 13.7. The number of thioether (sulfide) groups is 1. The maximum atomic E-state index is 11.7. The maximum Gasteiger partial charge on any atom is 0.346 e. The Morgan fingerprint density at radius 2 is 2.10 bits per heavy atom. The van der Waals surface area contributed by atoms with Crippen molar-refractivity contribution >= 4 is 56.9 Å². The fourth-order valence-electron chi connectivity index (χ4n) is 2.19. The topological polar surface area (TPSA) is 136 Å². The molecule has 0 bridgehead atoms. The zero-order chi connectivity index (χ0) is 21.6. The van der Waals surface area contributed by atoms with E-state index in [0.29, 0.717) is 21.5 Å². The number of methoxy groups -OCH3 is 2. The lowest BCUT2D eigenvalue weighted by Crippen LogP contribution is -2.26. The molecular weight excluding hydrogens is 470 g/mol. The molecule has 0 saturated carbocycles. The number of carbonyl (C=O) groups is 3. The van der Waals surface area contributed by atoms with Crippen molar-refractivity contribution < 1.29 is 33.7 Å². The van der Waals surface area contributed by atoms with Crippen LogP contribution in [0.3, 0.4) is 0 Å². The monoisotopic (exact) mass is 487 g/mol. The number of nitrogens with one attached hydrogen (secondary N) is 1. The minimum Gasteiger partial charge on any atom is -0.493 e. The van der Waals surface area contributed by atoms with Crippen LogP contribution in [0.1, 0.15) is 18.9 Å². The van der Waals surface area contributed by atoms with E-state index in [2.05, 4.69) is 36.2 Å². The van der Waals surface area contributed by atoms with Crippen LogP contribution in [-0.2, 0) is 19.1 Å². The van der Waals surface area contributed by atoms with Crippen molar-refractivity contribution in [3.8, 4) is 11.5 Å². The number of esters is 1. The average molecular weight is 488 g/mol. The Morgan fingerprint density at radius 3 is 2.72 bits per heavy atom. The number of aliphatic carboxylic acids is 1. The third kappa shape index (κ3) is 6.19. The van der Waals surface area contributed by atoms with E-state index < -0.39 is 29.2 Å². The van der Waals surface area contributed by atoms with E-state index >= 15 is 0 Å². The van der Waals surface area contributed by atoms with Gasteiger partial charge in [-0.2, -0.15) is 5.10 Å². The van der Waals surface area contributed by atoms with Gasteiger partial charge in [-0.05, 0) is 35.0 Å². The molecule has 2 atom stereocenters. The van der Waals surface area contributed by atoms with Crippen LogP contribution >= 0.6 is 27.7 Å². The number of benzene rings is 1. The Labute approximate surface area is 178 Å². The molecule has 1 aromatic rings. The van der Waals surface area contributed by atoms with Crippen molar-refractivity contribution in [2.24, 2.45) is 10.2 Å². The van der Waals surface area contributed by atoms with Gasteiger partial charge in [-0.1, -0.05) is 11.8 Å². The van der Waals surface area contributed by atoms with E-state index in [1.54, 1.807) is 19.1 Å². The Balaban J connectivity index is 2.14. The van der Waals surface area contributed by atoms with Gasteiger partial charge in [0.05, 0.1) is 26.9 Å². The largest absolute Gasteiger partial charge is 0.493 e. The van der Waals surface area contributed by atoms with Crippen LogP contribution in [0.25, 0.3) is 0 Å². The summed E-state index contributed by atoms with van der Waals surface area (Å²) < 4.78 is 16.1. The predicted molar refractivity (Wildman–Crippen MR) is 110 cm³/mol. The fourth-order valence-corrected chi connectivity index (χ4v) is 3.53. The molecule has 1 aromatic carbocycles. The molecule has 0 radical (unpaired) electrons. The molecule has 29 heavy (non-hydrogen) atoms. The van der Waals surface area contributed by atoms with E-state index in [0.717, 1.165) is 11.8 Å². The van der Waals surface area contributed by atoms with E-state index in [1.165, 1.54) is 20.4 Å². The molecule has 0 aliphatic carbocycles. The minimum absolute atomic E-state index is 0.215. The average Bonchev–Trinajstić information content (AvgIpc) is 3.01. The molecule has 156 valence electrons. The van der Waals surface area contributed by atoms with Gasteiger partial charge < -0.3 is 24.6 Å². The Bertz CT molecular complexity index is 875. The molecule has 10 nitrogen and oxygen atoms in total. The van der Waals surface area contributed by atoms with E-state index in [-0.39, 0.29) is 11.6 Å². The molecule has 1 aliphatic rings. The summed E-state index contributed by atoms with van der Waals surface area (Å²) in [4.78, 5) is 34.0. The molecule has 1 heterocycles. The smallest absolute Gasteiger partial charge is 0.346 e. The van der Waals surface area contributed by atoms with Gasteiger partial charge in [-0.15, -0.1) is 5.10 Å². The molecule has 1 amide bonds. The Kier molecular flexibility index (Phi) is 8.02. The van der Waals surface area contributed by atoms with Gasteiger partial charge in [0, 0.05) is 10.0 Å². The summed E-state index contributed by atoms with van der Waals surface area (Å²) in [6.07, 6.45) is 0.297. The summed E-state index contributed by atoms with van der Waals surface area (Å²) in [5.74, 6) is -1.32. The van der Waals surface area contributed by atoms with Gasteiger partial charge in [0.2, 0.25) is 5.91 Å². The van der Waals surface area contributed by atoms with E-state index in [4.69, 9.17) is 14.6 Å². The number of rotatable bonds is 8. The van der Waals surface area contributed by atoms with Crippen molar-refractivity contribution in [2.75, 3.05) is 14.2 Å². The molecule has 2 rings (SSSR count). The number of hydrogen-bond acceptors (Lipinski definition) is 9. The molecule has 1 fully saturated rings. The van der Waals surface area contributed by atoms with Crippen molar-refractivity contribution in [1.29, 1.82) is 0 Å². The van der Waals surface area contributed by atoms with Gasteiger partial charge in [0.1, 0.15) is 5.25 Å². The molecule has 2 N–H and O–H groups in total. The van der Waals surface area contributed by atoms with Crippen LogP contribution in [0.2, 0.25) is 0 Å². The zero-order valence-electron chi connectivity index (χ0n) is 15.7. The number of carboxylic acids is 1. The summed E-state index contributed by atoms with van der Waals surface area (Å²) in [6.45, 7) is 1.55. The van der Waals surface area contributed by atoms with Crippen LogP contribution in [0.4, 0.5) is 0 Å². The van der Waals surface area contributed by atoms with Crippen LogP contribution in [0, 0.1) is 0 Å². The molecular formula is C17H18BrN3O7S. The second-order valence-electron chi connectivity index (χ2n) is 5.65. The highest BCUT2D eigenvalue weighted by Gasteiger charge is 2.32. The minimum atomic E-state index is -1.07. The Morgan fingerprint density at radius 1 is 1.38 bits per heavy atom. The molecule has 0 spiro atoms. The van der Waals surface area contributed by atoms with Crippen molar-refractivity contribution in [3.63, 3.8) is 0 Å². The summed E-state index contributed by atoms with van der Waals surface area (Å²) in [7, 11) is 2.72. The molecule has 12 heteroatoms. The second kappa shape index (κ2) is 10.3. The zero-order valence-corrected chi connectivity index (χ0v) is 18.1. The number of amidine groups is 1. The molecule has 0 aromatic heterocycles. The number of nitrogens with zero attached hydrogens (tertiary/aromatic N) is 2. The van der Waals surface area contributed by atoms with Crippen LogP contribution in [0.15, 0.2) is 26.8 Å². The number of amides is 1. The number of hydrogen-bond donors (Lipinski definition) is 2. The molecule has 1 saturated heterocycles. The summed E-state index contributed by atoms with van der Waals surface area (Å²) in [5.41, 5.74) is 0.598. The van der Waals surface area contributed by atoms with Crippen LogP contribution in [-0.4, -0.2) is 59.9 Å². The van der Waals surface area contributed by atoms with E-state index in [9.17, 15) is 14.4 Å². The summed E-state index contributed by atoms with van der Waals surface area (Å²) in [5, 5.41) is 18.6. The molecule has 1 aliphatic heterocycles. The molecule has 2 unspecified atom stereocenters. The highest BCUT2D eigenvalue weighted by Crippen LogP contribution is 2.33. The first-order valence-electron chi connectivity index (χ1n) is 8.17. The van der Waals surface area contributed by atoms with Gasteiger partial charge in [0.25, 0.3) is 0 Å². The highest BCUT2D eigenvalue weighted by atomic mass is 79.9. The first-order valence-corrected chi connectivity index (χ1v) is 9.84. The van der Waals surface area contributed by atoms with Crippen LogP contribution < -0.4 is 14.8 Å². The van der Waals surface area contributed by atoms with Gasteiger partial charge in [-0.25, -0.2) is 4.79 Å². The maximum absolute atomic E-state index is 11.7. The SMILES string of the molecule is COC(=O)C(C)Oc1cc(Br)c(C=NN=C2NC(=O)C(CC(=O)O)S2)cc1OC. The van der Waals surface area contributed by atoms with Crippen molar-refractivity contribution in [2.45, 2.75) is 24.7 Å². The fraction of sp³-hybridized carbons (Fsp3) is 0.353. The Hall–Kier alpha value is -2.60. The van der Waals surface area contributed by atoms with Gasteiger partial charge in [0.15, 0.2) is 22.8 Å². The quantitative estimate of drug-likeness (QED) is 0.321. The number of carboxylic acid groups (broad SMARTS) is 1. The van der Waals surface area contributed by atoms with Crippen LogP contribution in [0.5, 0.6) is 11.5 Å². The normalized spacial score (nSPS) is 18.6. The second-order valence-corrected chi connectivity index (χ2v) is 7.70. The number of halogens is 1. The lowest BCUT2D eigenvalue weighted by Gasteiger charge is -2.16. The van der Waals surface area contributed by atoms with Crippen molar-refractivity contribution in [1.82, 2.24) is 5.32 Å². The first kappa shape index (κ1) is 22.7.